The molecule has 1 aromatic rings. The number of hydrogen-bond donors (Lipinski definition) is 1. The summed E-state index contributed by atoms with van der Waals surface area (Å²) < 4.78 is 5.15. The van der Waals surface area contributed by atoms with Crippen molar-refractivity contribution in [1.82, 2.24) is 4.90 Å². The summed E-state index contributed by atoms with van der Waals surface area (Å²) in [6.45, 7) is 13.3. The fraction of sp³-hybridized carbons (Fsp3) is 0.588. The number of methoxy groups -OCH3 is 1. The highest BCUT2D eigenvalue weighted by atomic mass is 16.5. The molecule has 0 unspecified atom stereocenters. The van der Waals surface area contributed by atoms with E-state index in [2.05, 4.69) is 46.4 Å². The predicted octanol–water partition coefficient (Wildman–Crippen LogP) is 3.61. The molecule has 1 aromatic carbocycles. The van der Waals surface area contributed by atoms with Gasteiger partial charge in [-0.1, -0.05) is 0 Å². The van der Waals surface area contributed by atoms with Gasteiger partial charge in [-0.2, -0.15) is 0 Å². The molecular formula is C17H27NO3. The van der Waals surface area contributed by atoms with Crippen LogP contribution in [0.4, 0.5) is 0 Å². The van der Waals surface area contributed by atoms with Crippen molar-refractivity contribution in [2.24, 2.45) is 0 Å². The van der Waals surface area contributed by atoms with Crippen LogP contribution in [-0.2, 0) is 6.54 Å². The van der Waals surface area contributed by atoms with Crippen LogP contribution in [0.25, 0.3) is 0 Å². The molecule has 0 spiro atoms. The maximum Gasteiger partial charge on any atom is 0.162 e. The molecule has 0 fully saturated rings. The van der Waals surface area contributed by atoms with E-state index in [4.69, 9.17) is 4.74 Å². The van der Waals surface area contributed by atoms with E-state index in [1.807, 2.05) is 0 Å². The van der Waals surface area contributed by atoms with E-state index in [9.17, 15) is 9.90 Å². The van der Waals surface area contributed by atoms with Crippen LogP contribution in [0.3, 0.4) is 0 Å². The number of carbonyl (C=O) groups excluding carboxylic acids is 1. The van der Waals surface area contributed by atoms with Crippen LogP contribution in [0.15, 0.2) is 12.1 Å². The number of aldehydes is 1. The third-order valence-electron chi connectivity index (χ3n) is 3.48. The highest BCUT2D eigenvalue weighted by Crippen LogP contribution is 2.35. The SMILES string of the molecule is COc1cc(C=O)cc(CN(C(C)(C)C)C(C)(C)C)c1O. The number of phenolic OH excluding ortho intramolecular Hbond substituents is 1. The van der Waals surface area contributed by atoms with Gasteiger partial charge in [0.05, 0.1) is 7.11 Å². The van der Waals surface area contributed by atoms with Crippen molar-refractivity contribution < 1.29 is 14.6 Å². The first-order valence-electron chi connectivity index (χ1n) is 7.13. The van der Waals surface area contributed by atoms with Crippen molar-refractivity contribution in [2.45, 2.75) is 59.2 Å². The van der Waals surface area contributed by atoms with Crippen LogP contribution >= 0.6 is 0 Å². The van der Waals surface area contributed by atoms with Crippen molar-refractivity contribution in [2.75, 3.05) is 7.11 Å². The molecule has 0 saturated heterocycles. The number of phenols is 1. The summed E-state index contributed by atoms with van der Waals surface area (Å²) in [5.74, 6) is 0.430. The van der Waals surface area contributed by atoms with Gasteiger partial charge in [-0.25, -0.2) is 0 Å². The van der Waals surface area contributed by atoms with E-state index in [-0.39, 0.29) is 16.8 Å². The number of carbonyl (C=O) groups is 1. The van der Waals surface area contributed by atoms with E-state index < -0.39 is 0 Å². The molecule has 0 bridgehead atoms. The number of hydrogen-bond acceptors (Lipinski definition) is 4. The third kappa shape index (κ3) is 4.21. The highest BCUT2D eigenvalue weighted by Gasteiger charge is 2.32. The van der Waals surface area contributed by atoms with E-state index in [0.29, 0.717) is 23.4 Å². The van der Waals surface area contributed by atoms with E-state index in [1.165, 1.54) is 7.11 Å². The highest BCUT2D eigenvalue weighted by molar-refractivity contribution is 5.77. The molecule has 0 radical (unpaired) electrons. The molecular weight excluding hydrogens is 266 g/mol. The molecule has 1 N–H and O–H groups in total. The van der Waals surface area contributed by atoms with Gasteiger partial charge in [0.1, 0.15) is 6.29 Å². The molecule has 0 aromatic heterocycles. The first-order chi connectivity index (χ1) is 9.50. The molecule has 1 rings (SSSR count). The number of ether oxygens (including phenoxy) is 1. The first-order valence-corrected chi connectivity index (χ1v) is 7.13. The van der Waals surface area contributed by atoms with Gasteiger partial charge in [0.2, 0.25) is 0 Å². The number of nitrogens with zero attached hydrogens (tertiary/aromatic N) is 1. The number of benzene rings is 1. The van der Waals surface area contributed by atoms with E-state index in [1.54, 1.807) is 12.1 Å². The fourth-order valence-electron chi connectivity index (χ4n) is 2.68. The molecule has 0 atom stereocenters. The van der Waals surface area contributed by atoms with Crippen molar-refractivity contribution in [1.29, 1.82) is 0 Å². The summed E-state index contributed by atoms with van der Waals surface area (Å²) in [4.78, 5) is 13.3. The van der Waals surface area contributed by atoms with Crippen LogP contribution in [-0.4, -0.2) is 34.5 Å². The van der Waals surface area contributed by atoms with Gasteiger partial charge < -0.3 is 9.84 Å². The molecule has 0 heterocycles. The largest absolute Gasteiger partial charge is 0.504 e. The maximum absolute atomic E-state index is 11.1. The summed E-state index contributed by atoms with van der Waals surface area (Å²) in [6, 6.07) is 3.26. The van der Waals surface area contributed by atoms with Gasteiger partial charge in [-0.15, -0.1) is 0 Å². The normalized spacial score (nSPS) is 12.6. The minimum Gasteiger partial charge on any atom is -0.504 e. The summed E-state index contributed by atoms with van der Waals surface area (Å²) in [7, 11) is 1.48. The van der Waals surface area contributed by atoms with Gasteiger partial charge in [0.25, 0.3) is 0 Å². The molecule has 0 aliphatic carbocycles. The van der Waals surface area contributed by atoms with Gasteiger partial charge in [0, 0.05) is 28.7 Å². The second-order valence-corrected chi connectivity index (χ2v) is 7.28. The quantitative estimate of drug-likeness (QED) is 0.862. The zero-order valence-corrected chi connectivity index (χ0v) is 14.2. The maximum atomic E-state index is 11.1. The lowest BCUT2D eigenvalue weighted by Crippen LogP contribution is -2.51. The Morgan fingerprint density at radius 1 is 1.14 bits per heavy atom. The lowest BCUT2D eigenvalue weighted by Gasteiger charge is -2.45. The monoisotopic (exact) mass is 293 g/mol. The van der Waals surface area contributed by atoms with Crippen molar-refractivity contribution in [3.05, 3.63) is 23.3 Å². The van der Waals surface area contributed by atoms with Crippen molar-refractivity contribution in [3.8, 4) is 11.5 Å². The van der Waals surface area contributed by atoms with Gasteiger partial charge in [-0.3, -0.25) is 9.69 Å². The Morgan fingerprint density at radius 2 is 1.67 bits per heavy atom. The summed E-state index contributed by atoms with van der Waals surface area (Å²) in [6.07, 6.45) is 0.768. The summed E-state index contributed by atoms with van der Waals surface area (Å²) >= 11 is 0. The van der Waals surface area contributed by atoms with Gasteiger partial charge in [0.15, 0.2) is 11.5 Å². The lowest BCUT2D eigenvalue weighted by atomic mass is 9.94. The standard InChI is InChI=1S/C17H27NO3/c1-16(2,3)18(17(4,5)6)10-13-8-12(11-19)9-14(21-7)15(13)20/h8-9,11,20H,10H2,1-7H3. The van der Waals surface area contributed by atoms with Crippen LogP contribution in [0, 0.1) is 0 Å². The molecule has 21 heavy (non-hydrogen) atoms. The van der Waals surface area contributed by atoms with Crippen molar-refractivity contribution >= 4 is 6.29 Å². The first kappa shape index (κ1) is 17.5. The van der Waals surface area contributed by atoms with Crippen LogP contribution in [0.1, 0.15) is 57.5 Å². The summed E-state index contributed by atoms with van der Waals surface area (Å²) in [5.41, 5.74) is 1.05. The molecule has 4 heteroatoms. The molecule has 0 saturated carbocycles. The van der Waals surface area contributed by atoms with Crippen LogP contribution in [0.2, 0.25) is 0 Å². The number of rotatable bonds is 4. The Bertz CT molecular complexity index is 496. The second kappa shape index (κ2) is 6.06. The molecule has 0 aliphatic rings. The van der Waals surface area contributed by atoms with Gasteiger partial charge >= 0.3 is 0 Å². The van der Waals surface area contributed by atoms with E-state index >= 15 is 0 Å². The Hall–Kier alpha value is -1.55. The molecule has 4 nitrogen and oxygen atoms in total. The number of aromatic hydroxyl groups is 1. The summed E-state index contributed by atoms with van der Waals surface area (Å²) in [5, 5.41) is 10.3. The van der Waals surface area contributed by atoms with Crippen LogP contribution < -0.4 is 4.74 Å². The average molecular weight is 293 g/mol. The average Bonchev–Trinajstić information content (AvgIpc) is 2.34. The van der Waals surface area contributed by atoms with Gasteiger partial charge in [-0.05, 0) is 53.7 Å². The topological polar surface area (TPSA) is 49.8 Å². The van der Waals surface area contributed by atoms with Crippen LogP contribution in [0.5, 0.6) is 11.5 Å². The smallest absolute Gasteiger partial charge is 0.162 e. The molecule has 0 amide bonds. The zero-order chi connectivity index (χ0) is 16.4. The fourth-order valence-corrected chi connectivity index (χ4v) is 2.68. The Labute approximate surface area is 127 Å². The Morgan fingerprint density at radius 3 is 2.05 bits per heavy atom. The minimum atomic E-state index is -0.0743. The zero-order valence-electron chi connectivity index (χ0n) is 14.2. The predicted molar refractivity (Wildman–Crippen MR) is 85.1 cm³/mol. The third-order valence-corrected chi connectivity index (χ3v) is 3.48. The van der Waals surface area contributed by atoms with E-state index in [0.717, 1.165) is 6.29 Å². The Kier molecular flexibility index (Phi) is 5.05. The van der Waals surface area contributed by atoms with Crippen molar-refractivity contribution in [3.63, 3.8) is 0 Å². The molecule has 0 aliphatic heterocycles. The minimum absolute atomic E-state index is 0.0743. The molecule has 118 valence electrons. The lowest BCUT2D eigenvalue weighted by molar-refractivity contribution is 0.0291. The Balaban J connectivity index is 3.30. The second-order valence-electron chi connectivity index (χ2n) is 7.28.